The molecule has 1 aromatic carbocycles. The first kappa shape index (κ1) is 24.1. The smallest absolute Gasteiger partial charge is 0.234 e. The quantitative estimate of drug-likeness (QED) is 0.719. The van der Waals surface area contributed by atoms with E-state index in [0.717, 1.165) is 49.1 Å². The Labute approximate surface area is 202 Å². The maximum atomic E-state index is 13.1. The van der Waals surface area contributed by atoms with Gasteiger partial charge in [-0.25, -0.2) is 4.98 Å². The van der Waals surface area contributed by atoms with Crippen molar-refractivity contribution in [2.45, 2.75) is 33.7 Å². The van der Waals surface area contributed by atoms with Crippen molar-refractivity contribution in [1.29, 1.82) is 0 Å². The van der Waals surface area contributed by atoms with Crippen LogP contribution in [0.25, 0.3) is 0 Å². The molecular weight excluding hydrogens is 430 g/mol. The molecule has 0 spiro atoms. The minimum atomic E-state index is -0.534. The Balaban J connectivity index is 1.68. The number of piperazine rings is 1. The molecule has 1 amide bonds. The summed E-state index contributed by atoms with van der Waals surface area (Å²) in [6.45, 7) is 12.8. The number of amides is 1. The number of methoxy groups -OCH3 is 1. The summed E-state index contributed by atoms with van der Waals surface area (Å²) in [5.41, 5.74) is 2.14. The van der Waals surface area contributed by atoms with Crippen LogP contribution in [-0.2, 0) is 4.79 Å². The van der Waals surface area contributed by atoms with Gasteiger partial charge in [-0.05, 0) is 52.9 Å². The zero-order valence-corrected chi connectivity index (χ0v) is 21.4. The molecule has 2 aliphatic rings. The average molecular weight is 468 g/mol. The van der Waals surface area contributed by atoms with E-state index in [1.165, 1.54) is 0 Å². The standard InChI is InChI=1S/C25H37N7O2/c1-17(2)32-16-25(3,4)23(33)30(6)20-15-26-24(28-22(20)32)27-19-14-18(8-9-21(19)34-7)31-12-10-29(5)11-13-31/h8-9,14-15,17H,10-13,16H2,1-7H3,(H,26,27,28). The maximum Gasteiger partial charge on any atom is 0.234 e. The number of hydrogen-bond donors (Lipinski definition) is 1. The average Bonchev–Trinajstić information content (AvgIpc) is 2.88. The molecule has 0 radical (unpaired) electrons. The lowest BCUT2D eigenvalue weighted by Gasteiger charge is -2.34. The SMILES string of the molecule is COc1ccc(N2CCN(C)CC2)cc1Nc1ncc2c(n1)N(C(C)C)CC(C)(C)C(=O)N2C. The molecule has 2 aliphatic heterocycles. The second-order valence-corrected chi connectivity index (χ2v) is 10.2. The monoisotopic (exact) mass is 467 g/mol. The highest BCUT2D eigenvalue weighted by Gasteiger charge is 2.39. The van der Waals surface area contributed by atoms with E-state index >= 15 is 0 Å². The Kier molecular flexibility index (Phi) is 6.58. The van der Waals surface area contributed by atoms with E-state index in [-0.39, 0.29) is 11.9 Å². The minimum absolute atomic E-state index is 0.0581. The van der Waals surface area contributed by atoms with Gasteiger partial charge in [0.05, 0.1) is 24.4 Å². The molecule has 0 saturated carbocycles. The van der Waals surface area contributed by atoms with E-state index in [1.807, 2.05) is 19.9 Å². The number of ether oxygens (including phenoxy) is 1. The van der Waals surface area contributed by atoms with Crippen molar-refractivity contribution in [2.24, 2.45) is 5.41 Å². The third-order valence-electron chi connectivity index (χ3n) is 6.75. The van der Waals surface area contributed by atoms with Crippen LogP contribution in [0.15, 0.2) is 24.4 Å². The topological polar surface area (TPSA) is 77.1 Å². The van der Waals surface area contributed by atoms with E-state index in [0.29, 0.717) is 18.2 Å². The Morgan fingerprint density at radius 1 is 1.12 bits per heavy atom. The fourth-order valence-corrected chi connectivity index (χ4v) is 4.61. The maximum absolute atomic E-state index is 13.1. The molecule has 1 aromatic heterocycles. The van der Waals surface area contributed by atoms with E-state index in [9.17, 15) is 4.79 Å². The highest BCUT2D eigenvalue weighted by molar-refractivity contribution is 6.00. The molecule has 0 atom stereocenters. The molecule has 4 rings (SSSR count). The lowest BCUT2D eigenvalue weighted by Crippen LogP contribution is -2.44. The van der Waals surface area contributed by atoms with E-state index in [1.54, 1.807) is 25.3 Å². The molecule has 0 aliphatic carbocycles. The molecule has 1 N–H and O–H groups in total. The number of benzene rings is 1. The van der Waals surface area contributed by atoms with Crippen LogP contribution in [0.5, 0.6) is 5.75 Å². The Morgan fingerprint density at radius 2 is 1.82 bits per heavy atom. The normalized spacial score (nSPS) is 18.7. The van der Waals surface area contributed by atoms with Gasteiger partial charge in [0, 0.05) is 51.5 Å². The van der Waals surface area contributed by atoms with Crippen molar-refractivity contribution < 1.29 is 9.53 Å². The van der Waals surface area contributed by atoms with Crippen LogP contribution in [-0.4, -0.2) is 80.7 Å². The van der Waals surface area contributed by atoms with Crippen LogP contribution >= 0.6 is 0 Å². The summed E-state index contributed by atoms with van der Waals surface area (Å²) < 4.78 is 5.62. The van der Waals surface area contributed by atoms with Crippen LogP contribution in [0.1, 0.15) is 27.7 Å². The second-order valence-electron chi connectivity index (χ2n) is 10.2. The van der Waals surface area contributed by atoms with Gasteiger partial charge in [-0.2, -0.15) is 4.98 Å². The molecule has 9 nitrogen and oxygen atoms in total. The Morgan fingerprint density at radius 3 is 2.47 bits per heavy atom. The molecule has 0 bridgehead atoms. The van der Waals surface area contributed by atoms with Gasteiger partial charge >= 0.3 is 0 Å². The summed E-state index contributed by atoms with van der Waals surface area (Å²) in [5, 5.41) is 3.37. The van der Waals surface area contributed by atoms with Crippen molar-refractivity contribution in [3.05, 3.63) is 24.4 Å². The molecule has 34 heavy (non-hydrogen) atoms. The van der Waals surface area contributed by atoms with Crippen molar-refractivity contribution in [3.63, 3.8) is 0 Å². The molecule has 3 heterocycles. The van der Waals surface area contributed by atoms with Crippen LogP contribution in [0.2, 0.25) is 0 Å². The summed E-state index contributed by atoms with van der Waals surface area (Å²) in [5.74, 6) is 2.01. The predicted octanol–water partition coefficient (Wildman–Crippen LogP) is 3.20. The van der Waals surface area contributed by atoms with Crippen molar-refractivity contribution in [2.75, 3.05) is 73.9 Å². The predicted molar refractivity (Wildman–Crippen MR) is 138 cm³/mol. The molecule has 1 saturated heterocycles. The van der Waals surface area contributed by atoms with Crippen LogP contribution in [0.3, 0.4) is 0 Å². The van der Waals surface area contributed by atoms with Gasteiger partial charge in [-0.15, -0.1) is 0 Å². The van der Waals surface area contributed by atoms with Gasteiger partial charge in [-0.1, -0.05) is 0 Å². The van der Waals surface area contributed by atoms with Crippen molar-refractivity contribution in [3.8, 4) is 5.75 Å². The minimum Gasteiger partial charge on any atom is -0.495 e. The number of likely N-dealkylation sites (N-methyl/N-ethyl adjacent to an activating group) is 1. The summed E-state index contributed by atoms with van der Waals surface area (Å²) in [4.78, 5) is 31.1. The van der Waals surface area contributed by atoms with Gasteiger partial charge < -0.3 is 29.7 Å². The first-order chi connectivity index (χ1) is 16.1. The summed E-state index contributed by atoms with van der Waals surface area (Å²) in [7, 11) is 5.61. The molecular formula is C25H37N7O2. The van der Waals surface area contributed by atoms with E-state index in [4.69, 9.17) is 9.72 Å². The van der Waals surface area contributed by atoms with Crippen LogP contribution < -0.4 is 24.8 Å². The van der Waals surface area contributed by atoms with Crippen molar-refractivity contribution >= 4 is 34.7 Å². The van der Waals surface area contributed by atoms with Gasteiger partial charge in [0.25, 0.3) is 0 Å². The number of nitrogens with one attached hydrogen (secondary N) is 1. The fourth-order valence-electron chi connectivity index (χ4n) is 4.61. The summed E-state index contributed by atoms with van der Waals surface area (Å²) >= 11 is 0. The number of rotatable bonds is 5. The lowest BCUT2D eigenvalue weighted by molar-refractivity contribution is -0.125. The van der Waals surface area contributed by atoms with Gasteiger partial charge in [0.1, 0.15) is 11.4 Å². The second kappa shape index (κ2) is 9.29. The first-order valence-electron chi connectivity index (χ1n) is 11.9. The molecule has 184 valence electrons. The Hall–Kier alpha value is -3.07. The number of nitrogens with zero attached hydrogens (tertiary/aromatic N) is 6. The lowest BCUT2D eigenvalue weighted by atomic mass is 9.91. The van der Waals surface area contributed by atoms with E-state index < -0.39 is 5.41 Å². The van der Waals surface area contributed by atoms with Gasteiger partial charge in [-0.3, -0.25) is 4.79 Å². The van der Waals surface area contributed by atoms with E-state index in [2.05, 4.69) is 58.0 Å². The highest BCUT2D eigenvalue weighted by Crippen LogP contribution is 2.38. The van der Waals surface area contributed by atoms with Gasteiger partial charge in [0.2, 0.25) is 11.9 Å². The molecule has 1 fully saturated rings. The third kappa shape index (κ3) is 4.61. The number of fused-ring (bicyclic) bond motifs is 1. The zero-order chi connectivity index (χ0) is 24.6. The number of hydrogen-bond acceptors (Lipinski definition) is 8. The number of anilines is 5. The number of carbonyl (C=O) groups excluding carboxylic acids is 1. The first-order valence-corrected chi connectivity index (χ1v) is 11.9. The van der Waals surface area contributed by atoms with Crippen molar-refractivity contribution in [1.82, 2.24) is 14.9 Å². The summed E-state index contributed by atoms with van der Waals surface area (Å²) in [6.07, 6.45) is 1.73. The Bertz CT molecular complexity index is 1050. The number of carbonyl (C=O) groups is 1. The number of aromatic nitrogens is 2. The van der Waals surface area contributed by atoms with Crippen LogP contribution in [0.4, 0.5) is 28.8 Å². The molecule has 9 heteroatoms. The molecule has 2 aromatic rings. The van der Waals surface area contributed by atoms with Crippen LogP contribution in [0, 0.1) is 5.41 Å². The largest absolute Gasteiger partial charge is 0.495 e. The highest BCUT2D eigenvalue weighted by atomic mass is 16.5. The fraction of sp³-hybridized carbons (Fsp3) is 0.560. The third-order valence-corrected chi connectivity index (χ3v) is 6.75. The summed E-state index contributed by atoms with van der Waals surface area (Å²) in [6, 6.07) is 6.35. The zero-order valence-electron chi connectivity index (χ0n) is 21.4. The van der Waals surface area contributed by atoms with Gasteiger partial charge in [0.15, 0.2) is 5.82 Å². The molecule has 0 unspecified atom stereocenters.